The molecule has 0 N–H and O–H groups in total. The summed E-state index contributed by atoms with van der Waals surface area (Å²) < 4.78 is 13.6. The van der Waals surface area contributed by atoms with Crippen LogP contribution in [0.5, 0.6) is 0 Å². The van der Waals surface area contributed by atoms with Gasteiger partial charge in [-0.15, -0.1) is 11.6 Å². The third-order valence-electron chi connectivity index (χ3n) is 2.98. The third kappa shape index (κ3) is 2.73. The topological polar surface area (TPSA) is 20.3 Å². The average molecular weight is 368 g/mol. The standard InChI is InChI=1S/C12H12ClFINO/c13-7-9-2-1-5-16(9)12(17)10-4-3-8(14)6-11(10)15/h3-4,6,9H,1-2,5,7H2. The number of hydrogen-bond donors (Lipinski definition) is 0. The normalized spacial score (nSPS) is 19.7. The smallest absolute Gasteiger partial charge is 0.255 e. The van der Waals surface area contributed by atoms with Gasteiger partial charge in [0.1, 0.15) is 5.82 Å². The Morgan fingerprint density at radius 3 is 3.00 bits per heavy atom. The lowest BCUT2D eigenvalue weighted by Crippen LogP contribution is -2.36. The number of carbonyl (C=O) groups excluding carboxylic acids is 1. The summed E-state index contributed by atoms with van der Waals surface area (Å²) >= 11 is 7.83. The maximum Gasteiger partial charge on any atom is 0.255 e. The van der Waals surface area contributed by atoms with Gasteiger partial charge in [-0.25, -0.2) is 4.39 Å². The summed E-state index contributed by atoms with van der Waals surface area (Å²) in [6, 6.07) is 4.36. The van der Waals surface area contributed by atoms with Gasteiger partial charge in [0.15, 0.2) is 0 Å². The minimum absolute atomic E-state index is 0.0439. The van der Waals surface area contributed by atoms with E-state index in [-0.39, 0.29) is 17.8 Å². The summed E-state index contributed by atoms with van der Waals surface area (Å²) in [4.78, 5) is 14.1. The molecule has 92 valence electrons. The monoisotopic (exact) mass is 367 g/mol. The fraction of sp³-hybridized carbons (Fsp3) is 0.417. The number of likely N-dealkylation sites (tertiary alicyclic amines) is 1. The quantitative estimate of drug-likeness (QED) is 0.580. The molecule has 0 aliphatic carbocycles. The van der Waals surface area contributed by atoms with Crippen molar-refractivity contribution in [2.24, 2.45) is 0 Å². The van der Waals surface area contributed by atoms with Crippen molar-refractivity contribution in [2.45, 2.75) is 18.9 Å². The number of alkyl halides is 1. The summed E-state index contributed by atoms with van der Waals surface area (Å²) in [6.45, 7) is 0.740. The first kappa shape index (κ1) is 13.1. The lowest BCUT2D eigenvalue weighted by atomic mass is 10.2. The molecule has 1 atom stereocenters. The highest BCUT2D eigenvalue weighted by Crippen LogP contribution is 2.23. The van der Waals surface area contributed by atoms with Gasteiger partial charge in [0.2, 0.25) is 0 Å². The van der Waals surface area contributed by atoms with Gasteiger partial charge >= 0.3 is 0 Å². The highest BCUT2D eigenvalue weighted by molar-refractivity contribution is 14.1. The van der Waals surface area contributed by atoms with E-state index in [4.69, 9.17) is 11.6 Å². The van der Waals surface area contributed by atoms with E-state index in [9.17, 15) is 9.18 Å². The Morgan fingerprint density at radius 2 is 2.35 bits per heavy atom. The van der Waals surface area contributed by atoms with E-state index in [0.717, 1.165) is 19.4 Å². The van der Waals surface area contributed by atoms with Crippen molar-refractivity contribution in [3.63, 3.8) is 0 Å². The number of halogens is 3. The number of carbonyl (C=O) groups is 1. The first-order valence-electron chi connectivity index (χ1n) is 5.45. The highest BCUT2D eigenvalue weighted by atomic mass is 127. The minimum Gasteiger partial charge on any atom is -0.334 e. The van der Waals surface area contributed by atoms with Gasteiger partial charge in [-0.2, -0.15) is 0 Å². The molecular weight excluding hydrogens is 355 g/mol. The fourth-order valence-electron chi connectivity index (χ4n) is 2.08. The summed E-state index contributed by atoms with van der Waals surface area (Å²) in [6.07, 6.45) is 1.94. The predicted octanol–water partition coefficient (Wildman–Crippen LogP) is 3.27. The zero-order valence-electron chi connectivity index (χ0n) is 9.13. The van der Waals surface area contributed by atoms with Crippen molar-refractivity contribution in [2.75, 3.05) is 12.4 Å². The molecule has 1 aromatic rings. The molecule has 0 aromatic heterocycles. The van der Waals surface area contributed by atoms with Gasteiger partial charge in [-0.1, -0.05) is 0 Å². The van der Waals surface area contributed by atoms with Crippen LogP contribution in [-0.4, -0.2) is 29.3 Å². The van der Waals surface area contributed by atoms with Gasteiger partial charge in [0.25, 0.3) is 5.91 Å². The number of amides is 1. The number of nitrogens with zero attached hydrogens (tertiary/aromatic N) is 1. The molecule has 1 unspecified atom stereocenters. The van der Waals surface area contributed by atoms with Gasteiger partial charge < -0.3 is 4.90 Å². The van der Waals surface area contributed by atoms with Crippen molar-refractivity contribution in [1.82, 2.24) is 4.90 Å². The van der Waals surface area contributed by atoms with Crippen LogP contribution in [0.1, 0.15) is 23.2 Å². The number of benzene rings is 1. The van der Waals surface area contributed by atoms with Crippen molar-refractivity contribution in [3.8, 4) is 0 Å². The van der Waals surface area contributed by atoms with E-state index in [1.54, 1.807) is 11.0 Å². The minimum atomic E-state index is -0.318. The number of rotatable bonds is 2. The second kappa shape index (κ2) is 5.52. The Bertz CT molecular complexity index is 441. The third-order valence-corrected chi connectivity index (χ3v) is 4.23. The predicted molar refractivity (Wildman–Crippen MR) is 73.9 cm³/mol. The molecule has 2 nitrogen and oxygen atoms in total. The van der Waals surface area contributed by atoms with Gasteiger partial charge in [-0.05, 0) is 53.6 Å². The van der Waals surface area contributed by atoms with E-state index in [1.165, 1.54) is 12.1 Å². The molecule has 0 radical (unpaired) electrons. The zero-order valence-corrected chi connectivity index (χ0v) is 12.0. The molecule has 17 heavy (non-hydrogen) atoms. The molecule has 1 heterocycles. The second-order valence-electron chi connectivity index (χ2n) is 4.07. The zero-order chi connectivity index (χ0) is 12.4. The SMILES string of the molecule is O=C(c1ccc(F)cc1I)N1CCCC1CCl. The first-order valence-corrected chi connectivity index (χ1v) is 7.07. The Kier molecular flexibility index (Phi) is 4.25. The lowest BCUT2D eigenvalue weighted by Gasteiger charge is -2.23. The van der Waals surface area contributed by atoms with Crippen molar-refractivity contribution >= 4 is 40.1 Å². The van der Waals surface area contributed by atoms with E-state index in [1.807, 2.05) is 22.6 Å². The second-order valence-corrected chi connectivity index (χ2v) is 5.54. The summed E-state index contributed by atoms with van der Waals surface area (Å²) in [5.41, 5.74) is 0.559. The molecule has 0 bridgehead atoms. The van der Waals surface area contributed by atoms with E-state index < -0.39 is 0 Å². The summed E-state index contributed by atoms with van der Waals surface area (Å²) in [5, 5.41) is 0. The maximum absolute atomic E-state index is 13.0. The summed E-state index contributed by atoms with van der Waals surface area (Å²) in [7, 11) is 0. The van der Waals surface area contributed by atoms with Gasteiger partial charge in [-0.3, -0.25) is 4.79 Å². The van der Waals surface area contributed by atoms with Crippen LogP contribution in [0.3, 0.4) is 0 Å². The largest absolute Gasteiger partial charge is 0.334 e. The van der Waals surface area contributed by atoms with Crippen molar-refractivity contribution < 1.29 is 9.18 Å². The molecule has 0 spiro atoms. The van der Waals surface area contributed by atoms with E-state index in [2.05, 4.69) is 0 Å². The lowest BCUT2D eigenvalue weighted by molar-refractivity contribution is 0.0748. The van der Waals surface area contributed by atoms with Crippen molar-refractivity contribution in [1.29, 1.82) is 0 Å². The molecule has 1 aromatic carbocycles. The van der Waals surface area contributed by atoms with Crippen LogP contribution in [0.25, 0.3) is 0 Å². The summed E-state index contributed by atoms with van der Waals surface area (Å²) in [5.74, 6) is 0.0996. The molecule has 2 rings (SSSR count). The Morgan fingerprint density at radius 1 is 1.59 bits per heavy atom. The molecule has 1 aliphatic rings. The highest BCUT2D eigenvalue weighted by Gasteiger charge is 2.29. The van der Waals surface area contributed by atoms with Gasteiger partial charge in [0.05, 0.1) is 5.56 Å². The molecule has 1 amide bonds. The Labute approximate surface area is 118 Å². The van der Waals surface area contributed by atoms with Crippen LogP contribution < -0.4 is 0 Å². The molecule has 1 saturated heterocycles. The Balaban J connectivity index is 2.24. The van der Waals surface area contributed by atoms with Crippen LogP contribution in [-0.2, 0) is 0 Å². The van der Waals surface area contributed by atoms with E-state index in [0.29, 0.717) is 15.0 Å². The van der Waals surface area contributed by atoms with Crippen LogP contribution in [0.2, 0.25) is 0 Å². The molecule has 1 aliphatic heterocycles. The van der Waals surface area contributed by atoms with E-state index >= 15 is 0 Å². The van der Waals surface area contributed by atoms with Crippen LogP contribution in [0, 0.1) is 9.39 Å². The first-order chi connectivity index (χ1) is 8.13. The molecule has 1 fully saturated rings. The Hall–Kier alpha value is -0.360. The molecular formula is C12H12ClFINO. The fourth-order valence-corrected chi connectivity index (χ4v) is 3.11. The number of hydrogen-bond acceptors (Lipinski definition) is 1. The van der Waals surface area contributed by atoms with Crippen molar-refractivity contribution in [3.05, 3.63) is 33.1 Å². The van der Waals surface area contributed by atoms with Gasteiger partial charge in [0, 0.05) is 22.0 Å². The molecule has 0 saturated carbocycles. The van der Waals surface area contributed by atoms with Crippen LogP contribution >= 0.6 is 34.2 Å². The average Bonchev–Trinajstić information content (AvgIpc) is 2.76. The molecule has 5 heteroatoms. The van der Waals surface area contributed by atoms with Crippen LogP contribution in [0.15, 0.2) is 18.2 Å². The van der Waals surface area contributed by atoms with Crippen LogP contribution in [0.4, 0.5) is 4.39 Å². The maximum atomic E-state index is 13.0.